The summed E-state index contributed by atoms with van der Waals surface area (Å²) in [5.74, 6) is -0.0364. The summed E-state index contributed by atoms with van der Waals surface area (Å²) in [4.78, 5) is 0. The Morgan fingerprint density at radius 2 is 1.80 bits per heavy atom. The van der Waals surface area contributed by atoms with Gasteiger partial charge in [-0.15, -0.1) is 0 Å². The van der Waals surface area contributed by atoms with Gasteiger partial charge in [0.05, 0.1) is 0 Å². The number of benzene rings is 2. The van der Waals surface area contributed by atoms with Gasteiger partial charge in [-0.1, -0.05) is 41.1 Å². The van der Waals surface area contributed by atoms with E-state index in [1.807, 2.05) is 37.3 Å². The van der Waals surface area contributed by atoms with Gasteiger partial charge in [0.1, 0.15) is 6.61 Å². The van der Waals surface area contributed by atoms with E-state index in [4.69, 9.17) is 4.74 Å². The maximum Gasteiger partial charge on any atom is 0.165 e. The molecule has 0 fully saturated rings. The van der Waals surface area contributed by atoms with E-state index in [1.54, 1.807) is 6.07 Å². The molecule has 0 bridgehead atoms. The fourth-order valence-corrected chi connectivity index (χ4v) is 2.05. The second-order valence-electron chi connectivity index (χ2n) is 4.46. The lowest BCUT2D eigenvalue weighted by Crippen LogP contribution is -2.11. The number of hydrogen-bond acceptors (Lipinski definition) is 2. The van der Waals surface area contributed by atoms with Crippen molar-refractivity contribution in [2.45, 2.75) is 20.1 Å². The summed E-state index contributed by atoms with van der Waals surface area (Å²) in [7, 11) is 0. The molecule has 0 aromatic heterocycles. The Kier molecular flexibility index (Phi) is 5.56. The largest absolute Gasteiger partial charge is 0.486 e. The molecular formula is C16H17BrFNO. The quantitative estimate of drug-likeness (QED) is 0.849. The Labute approximate surface area is 127 Å². The van der Waals surface area contributed by atoms with Crippen molar-refractivity contribution in [3.8, 4) is 5.75 Å². The zero-order chi connectivity index (χ0) is 14.4. The van der Waals surface area contributed by atoms with Gasteiger partial charge in [-0.3, -0.25) is 0 Å². The molecule has 2 rings (SSSR count). The van der Waals surface area contributed by atoms with Crippen LogP contribution in [0, 0.1) is 5.82 Å². The minimum absolute atomic E-state index is 0.285. The predicted octanol–water partition coefficient (Wildman–Crippen LogP) is 4.28. The number of rotatable bonds is 6. The van der Waals surface area contributed by atoms with Gasteiger partial charge < -0.3 is 10.1 Å². The summed E-state index contributed by atoms with van der Waals surface area (Å²) in [5.41, 5.74) is 1.92. The zero-order valence-electron chi connectivity index (χ0n) is 11.3. The van der Waals surface area contributed by atoms with Gasteiger partial charge in [0, 0.05) is 11.0 Å². The standard InChI is InChI=1S/C16H17BrFNO/c1-2-19-10-13-5-8-16(15(18)9-13)20-11-12-3-6-14(17)7-4-12/h3-9,19H,2,10-11H2,1H3. The van der Waals surface area contributed by atoms with Gasteiger partial charge in [-0.2, -0.15) is 0 Å². The van der Waals surface area contributed by atoms with Crippen molar-refractivity contribution >= 4 is 15.9 Å². The second kappa shape index (κ2) is 7.41. The summed E-state index contributed by atoms with van der Waals surface area (Å²) in [6.07, 6.45) is 0. The first-order valence-corrected chi connectivity index (χ1v) is 7.34. The van der Waals surface area contributed by atoms with Crippen LogP contribution in [0.25, 0.3) is 0 Å². The van der Waals surface area contributed by atoms with E-state index in [2.05, 4.69) is 21.2 Å². The van der Waals surface area contributed by atoms with Crippen molar-refractivity contribution in [1.82, 2.24) is 5.32 Å². The highest BCUT2D eigenvalue weighted by atomic mass is 79.9. The molecule has 0 atom stereocenters. The Morgan fingerprint density at radius 1 is 1.10 bits per heavy atom. The summed E-state index contributed by atoms with van der Waals surface area (Å²) in [6.45, 7) is 3.91. The van der Waals surface area contributed by atoms with Gasteiger partial charge >= 0.3 is 0 Å². The van der Waals surface area contributed by atoms with Crippen molar-refractivity contribution in [2.24, 2.45) is 0 Å². The summed E-state index contributed by atoms with van der Waals surface area (Å²) >= 11 is 3.37. The second-order valence-corrected chi connectivity index (χ2v) is 5.38. The minimum Gasteiger partial charge on any atom is -0.486 e. The van der Waals surface area contributed by atoms with Crippen LogP contribution in [0.5, 0.6) is 5.75 Å². The van der Waals surface area contributed by atoms with Crippen molar-refractivity contribution < 1.29 is 9.13 Å². The Bertz CT molecular complexity index is 557. The van der Waals surface area contributed by atoms with Gasteiger partial charge in [0.2, 0.25) is 0 Å². The maximum absolute atomic E-state index is 13.9. The third-order valence-corrected chi connectivity index (χ3v) is 3.41. The van der Waals surface area contributed by atoms with Crippen LogP contribution in [-0.4, -0.2) is 6.54 Å². The molecule has 2 aromatic carbocycles. The number of hydrogen-bond donors (Lipinski definition) is 1. The highest BCUT2D eigenvalue weighted by Crippen LogP contribution is 2.20. The van der Waals surface area contributed by atoms with E-state index >= 15 is 0 Å². The minimum atomic E-state index is -0.322. The first-order valence-electron chi connectivity index (χ1n) is 6.55. The Hall–Kier alpha value is -1.39. The van der Waals surface area contributed by atoms with E-state index in [-0.39, 0.29) is 11.6 Å². The van der Waals surface area contributed by atoms with Gasteiger partial charge in [-0.05, 0) is 41.9 Å². The van der Waals surface area contributed by atoms with E-state index in [0.29, 0.717) is 13.2 Å². The smallest absolute Gasteiger partial charge is 0.165 e. The average molecular weight is 338 g/mol. The SMILES string of the molecule is CCNCc1ccc(OCc2ccc(Br)cc2)c(F)c1. The van der Waals surface area contributed by atoms with E-state index in [9.17, 15) is 4.39 Å². The molecule has 0 spiro atoms. The summed E-state index contributed by atoms with van der Waals surface area (Å²) in [5, 5.41) is 3.16. The molecule has 0 saturated heterocycles. The molecule has 20 heavy (non-hydrogen) atoms. The molecule has 0 heterocycles. The Morgan fingerprint density at radius 3 is 2.45 bits per heavy atom. The average Bonchev–Trinajstić information content (AvgIpc) is 2.46. The molecule has 0 aliphatic heterocycles. The highest BCUT2D eigenvalue weighted by molar-refractivity contribution is 9.10. The molecule has 2 nitrogen and oxygen atoms in total. The molecule has 4 heteroatoms. The van der Waals surface area contributed by atoms with E-state index < -0.39 is 0 Å². The van der Waals surface area contributed by atoms with Crippen LogP contribution in [-0.2, 0) is 13.2 Å². The molecule has 106 valence electrons. The van der Waals surface area contributed by atoms with Crippen molar-refractivity contribution in [3.63, 3.8) is 0 Å². The fourth-order valence-electron chi connectivity index (χ4n) is 1.78. The Balaban J connectivity index is 1.97. The summed E-state index contributed by atoms with van der Waals surface area (Å²) in [6, 6.07) is 12.8. The topological polar surface area (TPSA) is 21.3 Å². The molecular weight excluding hydrogens is 321 g/mol. The molecule has 2 aromatic rings. The van der Waals surface area contributed by atoms with Crippen molar-refractivity contribution in [1.29, 1.82) is 0 Å². The fraction of sp³-hybridized carbons (Fsp3) is 0.250. The lowest BCUT2D eigenvalue weighted by Gasteiger charge is -2.09. The molecule has 0 radical (unpaired) electrons. The molecule has 1 N–H and O–H groups in total. The highest BCUT2D eigenvalue weighted by Gasteiger charge is 2.05. The predicted molar refractivity (Wildman–Crippen MR) is 82.3 cm³/mol. The number of nitrogens with one attached hydrogen (secondary N) is 1. The third-order valence-electron chi connectivity index (χ3n) is 2.88. The van der Waals surface area contributed by atoms with Crippen molar-refractivity contribution in [3.05, 3.63) is 63.9 Å². The zero-order valence-corrected chi connectivity index (χ0v) is 12.9. The molecule has 0 aliphatic rings. The number of halogens is 2. The van der Waals surface area contributed by atoms with Gasteiger partial charge in [0.25, 0.3) is 0 Å². The third kappa shape index (κ3) is 4.32. The molecule has 0 aliphatic carbocycles. The van der Waals surface area contributed by atoms with E-state index in [0.717, 1.165) is 22.1 Å². The number of ether oxygens (including phenoxy) is 1. The van der Waals surface area contributed by atoms with Gasteiger partial charge in [0.15, 0.2) is 11.6 Å². The molecule has 0 unspecified atom stereocenters. The lowest BCUT2D eigenvalue weighted by atomic mass is 10.2. The first kappa shape index (κ1) is 15.0. The van der Waals surface area contributed by atoms with Crippen LogP contribution < -0.4 is 10.1 Å². The maximum atomic E-state index is 13.9. The first-order chi connectivity index (χ1) is 9.69. The normalized spacial score (nSPS) is 10.6. The van der Waals surface area contributed by atoms with Crippen LogP contribution in [0.15, 0.2) is 46.9 Å². The molecule has 0 saturated carbocycles. The van der Waals surface area contributed by atoms with Crippen LogP contribution in [0.2, 0.25) is 0 Å². The lowest BCUT2D eigenvalue weighted by molar-refractivity contribution is 0.290. The van der Waals surface area contributed by atoms with Crippen LogP contribution in [0.1, 0.15) is 18.1 Å². The van der Waals surface area contributed by atoms with Crippen LogP contribution in [0.4, 0.5) is 4.39 Å². The summed E-state index contributed by atoms with van der Waals surface area (Å²) < 4.78 is 20.4. The monoisotopic (exact) mass is 337 g/mol. The van der Waals surface area contributed by atoms with Crippen molar-refractivity contribution in [2.75, 3.05) is 6.54 Å². The van der Waals surface area contributed by atoms with Crippen LogP contribution in [0.3, 0.4) is 0 Å². The van der Waals surface area contributed by atoms with Crippen LogP contribution >= 0.6 is 15.9 Å². The van der Waals surface area contributed by atoms with E-state index in [1.165, 1.54) is 6.07 Å². The van der Waals surface area contributed by atoms with Gasteiger partial charge in [-0.25, -0.2) is 4.39 Å². The molecule has 0 amide bonds.